The first-order valence-corrected chi connectivity index (χ1v) is 9.81. The second-order valence-electron chi connectivity index (χ2n) is 7.45. The zero-order valence-corrected chi connectivity index (χ0v) is 17.0. The minimum atomic E-state index is -0.397. The summed E-state index contributed by atoms with van der Waals surface area (Å²) in [6.07, 6.45) is 1.63. The van der Waals surface area contributed by atoms with Crippen LogP contribution in [0.4, 0.5) is 0 Å². The van der Waals surface area contributed by atoms with Crippen LogP contribution >= 0.6 is 0 Å². The zero-order valence-electron chi connectivity index (χ0n) is 17.0. The molecule has 1 amide bonds. The third kappa shape index (κ3) is 3.90. The van der Waals surface area contributed by atoms with Gasteiger partial charge < -0.3 is 0 Å². The number of carbonyl (C=O) groups is 1. The second-order valence-corrected chi connectivity index (χ2v) is 7.45. The van der Waals surface area contributed by atoms with Crippen LogP contribution in [0.3, 0.4) is 0 Å². The van der Waals surface area contributed by atoms with Gasteiger partial charge in [0.25, 0.3) is 0 Å². The summed E-state index contributed by atoms with van der Waals surface area (Å²) >= 11 is 0. The first-order chi connectivity index (χ1) is 14.0. The lowest BCUT2D eigenvalue weighted by Gasteiger charge is -2.34. The molecule has 1 unspecified atom stereocenters. The van der Waals surface area contributed by atoms with Gasteiger partial charge >= 0.3 is 0 Å². The van der Waals surface area contributed by atoms with Crippen LogP contribution in [0.2, 0.25) is 0 Å². The van der Waals surface area contributed by atoms with E-state index in [4.69, 9.17) is 4.99 Å². The zero-order chi connectivity index (χ0) is 20.4. The number of allylic oxidation sites excluding steroid dienone is 1. The van der Waals surface area contributed by atoms with Gasteiger partial charge in [-0.3, -0.25) is 14.7 Å². The molecule has 1 aliphatic rings. The van der Waals surface area contributed by atoms with Gasteiger partial charge in [0, 0.05) is 6.92 Å². The number of hydrogen-bond acceptors (Lipinski definition) is 2. The molecule has 1 atom stereocenters. The maximum atomic E-state index is 12.7. The van der Waals surface area contributed by atoms with E-state index in [1.807, 2.05) is 36.4 Å². The lowest BCUT2D eigenvalue weighted by molar-refractivity contribution is -0.127. The van der Waals surface area contributed by atoms with Crippen LogP contribution in [0.1, 0.15) is 40.9 Å². The van der Waals surface area contributed by atoms with Crippen LogP contribution in [0.5, 0.6) is 0 Å². The summed E-state index contributed by atoms with van der Waals surface area (Å²) in [5, 5.41) is 0. The van der Waals surface area contributed by atoms with Crippen molar-refractivity contribution in [3.05, 3.63) is 113 Å². The number of amides is 1. The molecule has 3 nitrogen and oxygen atoms in total. The van der Waals surface area contributed by atoms with Crippen LogP contribution < -0.4 is 0 Å². The molecule has 0 aliphatic carbocycles. The van der Waals surface area contributed by atoms with Crippen LogP contribution in [0.15, 0.2) is 89.9 Å². The monoisotopic (exact) mass is 380 g/mol. The fraction of sp³-hybridized carbons (Fsp3) is 0.154. The number of hydrogen-bond donors (Lipinski definition) is 0. The molecule has 0 N–H and O–H groups in total. The third-order valence-corrected chi connectivity index (χ3v) is 5.17. The van der Waals surface area contributed by atoms with Gasteiger partial charge in [-0.1, -0.05) is 90.0 Å². The molecule has 144 valence electrons. The maximum Gasteiger partial charge on any atom is 0.225 e. The Bertz CT molecular complexity index is 1080. The summed E-state index contributed by atoms with van der Waals surface area (Å²) in [4.78, 5) is 19.5. The van der Waals surface area contributed by atoms with E-state index in [-0.39, 0.29) is 5.91 Å². The average molecular weight is 380 g/mol. The Labute approximate surface area is 172 Å². The molecule has 0 saturated carbocycles. The molecule has 1 heterocycles. The molecule has 0 aromatic heterocycles. The van der Waals surface area contributed by atoms with E-state index in [2.05, 4.69) is 62.4 Å². The Balaban J connectivity index is 1.90. The Hall–Kier alpha value is -3.46. The number of nitrogens with zero attached hydrogens (tertiary/aromatic N) is 2. The van der Waals surface area contributed by atoms with Crippen LogP contribution in [-0.2, 0) is 4.79 Å². The molecule has 0 radical (unpaired) electrons. The Morgan fingerprint density at radius 3 is 1.90 bits per heavy atom. The van der Waals surface area contributed by atoms with Gasteiger partial charge in [0.2, 0.25) is 5.91 Å². The van der Waals surface area contributed by atoms with Crippen molar-refractivity contribution in [3.8, 4) is 0 Å². The number of benzene rings is 3. The van der Waals surface area contributed by atoms with E-state index < -0.39 is 6.17 Å². The predicted molar refractivity (Wildman–Crippen MR) is 119 cm³/mol. The van der Waals surface area contributed by atoms with Crippen LogP contribution in [0.25, 0.3) is 5.70 Å². The molecular formula is C26H24N2O. The van der Waals surface area contributed by atoms with Gasteiger partial charge in [-0.05, 0) is 36.6 Å². The van der Waals surface area contributed by atoms with Gasteiger partial charge in [0.1, 0.15) is 0 Å². The average Bonchev–Trinajstić information content (AvgIpc) is 2.74. The lowest BCUT2D eigenvalue weighted by Crippen LogP contribution is -2.34. The summed E-state index contributed by atoms with van der Waals surface area (Å²) in [5.74, 6) is -0.0302. The Morgan fingerprint density at radius 1 is 0.793 bits per heavy atom. The molecule has 0 bridgehead atoms. The molecule has 1 aliphatic heterocycles. The van der Waals surface area contributed by atoms with Crippen molar-refractivity contribution in [3.63, 3.8) is 0 Å². The van der Waals surface area contributed by atoms with Crippen molar-refractivity contribution in [2.24, 2.45) is 4.99 Å². The summed E-state index contributed by atoms with van der Waals surface area (Å²) < 4.78 is 0. The van der Waals surface area contributed by atoms with Gasteiger partial charge in [-0.2, -0.15) is 0 Å². The maximum absolute atomic E-state index is 12.7. The molecule has 29 heavy (non-hydrogen) atoms. The smallest absolute Gasteiger partial charge is 0.225 e. The minimum absolute atomic E-state index is 0.0302. The third-order valence-electron chi connectivity index (χ3n) is 5.17. The Kier molecular flexibility index (Phi) is 5.13. The molecule has 4 rings (SSSR count). The van der Waals surface area contributed by atoms with Gasteiger partial charge in [0.05, 0.1) is 11.4 Å². The number of rotatable bonds is 3. The molecule has 3 aromatic rings. The highest BCUT2D eigenvalue weighted by atomic mass is 16.2. The highest BCUT2D eigenvalue weighted by molar-refractivity contribution is 6.14. The molecular weight excluding hydrogens is 356 g/mol. The van der Waals surface area contributed by atoms with E-state index in [0.717, 1.165) is 28.1 Å². The standard InChI is InChI=1S/C26H24N2O/c1-18-9-13-21(14-10-18)24-17-25(22-15-11-19(2)12-16-22)28(20(3)29)26(27-24)23-7-5-4-6-8-23/h4-17,26H,1-3H3. The Morgan fingerprint density at radius 2 is 1.34 bits per heavy atom. The SMILES string of the molecule is CC(=O)N1C(c2ccc(C)cc2)=CC(c2ccc(C)cc2)=NC1c1ccccc1. The highest BCUT2D eigenvalue weighted by Gasteiger charge is 2.30. The van der Waals surface area contributed by atoms with E-state index in [1.165, 1.54) is 11.1 Å². The van der Waals surface area contributed by atoms with Crippen molar-refractivity contribution < 1.29 is 4.79 Å². The quantitative estimate of drug-likeness (QED) is 0.574. The molecule has 0 saturated heterocycles. The summed E-state index contributed by atoms with van der Waals surface area (Å²) in [5.41, 5.74) is 7.19. The summed E-state index contributed by atoms with van der Waals surface area (Å²) in [6.45, 7) is 5.74. The van der Waals surface area contributed by atoms with Gasteiger partial charge in [0.15, 0.2) is 6.17 Å². The summed E-state index contributed by atoms with van der Waals surface area (Å²) in [7, 11) is 0. The van der Waals surface area contributed by atoms with Crippen molar-refractivity contribution in [2.45, 2.75) is 26.9 Å². The minimum Gasteiger partial charge on any atom is -0.285 e. The largest absolute Gasteiger partial charge is 0.285 e. The van der Waals surface area contributed by atoms with Gasteiger partial charge in [-0.25, -0.2) is 0 Å². The molecule has 0 spiro atoms. The van der Waals surface area contributed by atoms with E-state index >= 15 is 0 Å². The van der Waals surface area contributed by atoms with Gasteiger partial charge in [-0.15, -0.1) is 0 Å². The predicted octanol–water partition coefficient (Wildman–Crippen LogP) is 5.69. The molecule has 3 heteroatoms. The van der Waals surface area contributed by atoms with Crippen molar-refractivity contribution in [1.82, 2.24) is 4.90 Å². The summed E-state index contributed by atoms with van der Waals surface area (Å²) in [6, 6.07) is 26.6. The van der Waals surface area contributed by atoms with E-state index in [0.29, 0.717) is 0 Å². The fourth-order valence-electron chi connectivity index (χ4n) is 3.58. The lowest BCUT2D eigenvalue weighted by atomic mass is 9.99. The first kappa shape index (κ1) is 18.9. The van der Waals surface area contributed by atoms with E-state index in [1.54, 1.807) is 11.8 Å². The second kappa shape index (κ2) is 7.88. The van der Waals surface area contributed by atoms with E-state index in [9.17, 15) is 4.79 Å². The first-order valence-electron chi connectivity index (χ1n) is 9.81. The number of aliphatic imine (C=N–C) groups is 1. The van der Waals surface area contributed by atoms with Crippen molar-refractivity contribution in [1.29, 1.82) is 0 Å². The normalized spacial score (nSPS) is 16.2. The van der Waals surface area contributed by atoms with Crippen LogP contribution in [0, 0.1) is 13.8 Å². The van der Waals surface area contributed by atoms with Crippen molar-refractivity contribution in [2.75, 3.05) is 0 Å². The number of carbonyl (C=O) groups excluding carboxylic acids is 1. The highest BCUT2D eigenvalue weighted by Crippen LogP contribution is 2.35. The molecule has 0 fully saturated rings. The topological polar surface area (TPSA) is 32.7 Å². The number of aryl methyl sites for hydroxylation is 2. The fourth-order valence-corrected chi connectivity index (χ4v) is 3.58. The van der Waals surface area contributed by atoms with Crippen LogP contribution in [-0.4, -0.2) is 16.5 Å². The van der Waals surface area contributed by atoms with Crippen molar-refractivity contribution >= 4 is 17.3 Å². The molecule has 3 aromatic carbocycles.